The number of nitrogens with one attached hydrogen (secondary N) is 1. The molecule has 1 aromatic heterocycles. The first-order chi connectivity index (χ1) is 11.3. The van der Waals surface area contributed by atoms with E-state index in [2.05, 4.69) is 71.4 Å². The summed E-state index contributed by atoms with van der Waals surface area (Å²) in [6, 6.07) is 19.1. The van der Waals surface area contributed by atoms with Gasteiger partial charge >= 0.3 is 0 Å². The zero-order valence-electron chi connectivity index (χ0n) is 13.6. The van der Waals surface area contributed by atoms with Crippen LogP contribution in [0.15, 0.2) is 54.6 Å². The molecule has 0 aliphatic carbocycles. The topological polar surface area (TPSA) is 31.9 Å². The molecule has 1 aliphatic heterocycles. The van der Waals surface area contributed by atoms with E-state index in [1.54, 1.807) is 0 Å². The lowest BCUT2D eigenvalue weighted by atomic mass is 9.86. The fourth-order valence-electron chi connectivity index (χ4n) is 3.77. The molecule has 1 saturated heterocycles. The Morgan fingerprint density at radius 2 is 1.87 bits per heavy atom. The van der Waals surface area contributed by atoms with Gasteiger partial charge in [-0.2, -0.15) is 0 Å². The van der Waals surface area contributed by atoms with Crippen molar-refractivity contribution in [3.8, 4) is 0 Å². The number of aromatic nitrogens is 2. The van der Waals surface area contributed by atoms with Crippen LogP contribution in [0.3, 0.4) is 0 Å². The van der Waals surface area contributed by atoms with Gasteiger partial charge in [0, 0.05) is 19.0 Å². The smallest absolute Gasteiger partial charge is 0.110 e. The predicted octanol–water partition coefficient (Wildman–Crippen LogP) is 4.19. The highest BCUT2D eigenvalue weighted by Crippen LogP contribution is 2.32. The van der Waals surface area contributed by atoms with E-state index in [1.165, 1.54) is 12.0 Å². The van der Waals surface area contributed by atoms with Crippen molar-refractivity contribution in [3.05, 3.63) is 66.0 Å². The molecule has 3 aromatic rings. The average Bonchev–Trinajstić information content (AvgIpc) is 2.99. The fraction of sp³-hybridized carbons (Fsp3) is 0.350. The highest BCUT2D eigenvalue weighted by molar-refractivity contribution is 5.74. The molecule has 118 valence electrons. The minimum atomic E-state index is 0.537. The lowest BCUT2D eigenvalue weighted by molar-refractivity contribution is 0.153. The molecule has 0 radical (unpaired) electrons. The van der Waals surface area contributed by atoms with Gasteiger partial charge in [0.15, 0.2) is 0 Å². The highest BCUT2D eigenvalue weighted by atomic mass is 15.1. The molecule has 2 unspecified atom stereocenters. The maximum atomic E-state index is 4.82. The number of H-pyrrole nitrogens is 1. The zero-order chi connectivity index (χ0) is 15.6. The Balaban J connectivity index is 1.46. The SMILES string of the molecule is CC1CN(Cc2ccccc2)CCC1c1nc2ccccc2[nH]1. The van der Waals surface area contributed by atoms with Crippen LogP contribution in [0.5, 0.6) is 0 Å². The van der Waals surface area contributed by atoms with Gasteiger partial charge in [-0.05, 0) is 36.6 Å². The largest absolute Gasteiger partial charge is 0.342 e. The summed E-state index contributed by atoms with van der Waals surface area (Å²) in [7, 11) is 0. The summed E-state index contributed by atoms with van der Waals surface area (Å²) in [5, 5.41) is 0. The number of hydrogen-bond acceptors (Lipinski definition) is 2. The van der Waals surface area contributed by atoms with E-state index in [9.17, 15) is 0 Å². The third kappa shape index (κ3) is 3.02. The van der Waals surface area contributed by atoms with Crippen LogP contribution in [-0.2, 0) is 6.54 Å². The highest BCUT2D eigenvalue weighted by Gasteiger charge is 2.29. The molecule has 2 aromatic carbocycles. The molecule has 3 nitrogen and oxygen atoms in total. The number of benzene rings is 2. The summed E-state index contributed by atoms with van der Waals surface area (Å²) in [4.78, 5) is 10.9. The molecule has 1 fully saturated rings. The van der Waals surface area contributed by atoms with Crippen molar-refractivity contribution in [2.45, 2.75) is 25.8 Å². The number of likely N-dealkylation sites (tertiary alicyclic amines) is 1. The molecule has 4 rings (SSSR count). The molecule has 2 atom stereocenters. The second kappa shape index (κ2) is 6.17. The van der Waals surface area contributed by atoms with Gasteiger partial charge in [-0.15, -0.1) is 0 Å². The number of imidazole rings is 1. The predicted molar refractivity (Wildman–Crippen MR) is 94.3 cm³/mol. The van der Waals surface area contributed by atoms with Gasteiger partial charge in [0.05, 0.1) is 11.0 Å². The molecular weight excluding hydrogens is 282 g/mol. The fourth-order valence-corrected chi connectivity index (χ4v) is 3.77. The van der Waals surface area contributed by atoms with Crippen molar-refractivity contribution in [2.24, 2.45) is 5.92 Å². The van der Waals surface area contributed by atoms with Gasteiger partial charge < -0.3 is 4.98 Å². The first kappa shape index (κ1) is 14.5. The van der Waals surface area contributed by atoms with E-state index < -0.39 is 0 Å². The van der Waals surface area contributed by atoms with Crippen LogP contribution in [0.1, 0.15) is 30.7 Å². The molecule has 1 aliphatic rings. The molecular formula is C20H23N3. The maximum absolute atomic E-state index is 4.82. The third-order valence-electron chi connectivity index (χ3n) is 5.00. The molecule has 0 saturated carbocycles. The number of aromatic amines is 1. The number of fused-ring (bicyclic) bond motifs is 1. The molecule has 23 heavy (non-hydrogen) atoms. The Hall–Kier alpha value is -2.13. The summed E-state index contributed by atoms with van der Waals surface area (Å²) in [5.74, 6) is 2.32. The Morgan fingerprint density at radius 3 is 2.65 bits per heavy atom. The number of rotatable bonds is 3. The van der Waals surface area contributed by atoms with Gasteiger partial charge in [-0.25, -0.2) is 4.98 Å². The van der Waals surface area contributed by atoms with E-state index in [1.807, 2.05) is 0 Å². The first-order valence-electron chi connectivity index (χ1n) is 8.50. The zero-order valence-corrected chi connectivity index (χ0v) is 13.6. The van der Waals surface area contributed by atoms with Crippen LogP contribution >= 0.6 is 0 Å². The van der Waals surface area contributed by atoms with E-state index in [-0.39, 0.29) is 0 Å². The molecule has 0 spiro atoms. The second-order valence-electron chi connectivity index (χ2n) is 6.73. The Morgan fingerprint density at radius 1 is 1.09 bits per heavy atom. The van der Waals surface area contributed by atoms with Crippen molar-refractivity contribution < 1.29 is 0 Å². The summed E-state index contributed by atoms with van der Waals surface area (Å²) >= 11 is 0. The van der Waals surface area contributed by atoms with E-state index in [4.69, 9.17) is 4.98 Å². The monoisotopic (exact) mass is 305 g/mol. The lowest BCUT2D eigenvalue weighted by Crippen LogP contribution is -2.38. The summed E-state index contributed by atoms with van der Waals surface area (Å²) < 4.78 is 0. The molecule has 0 amide bonds. The minimum absolute atomic E-state index is 0.537. The van der Waals surface area contributed by atoms with Crippen LogP contribution in [0.25, 0.3) is 11.0 Å². The normalized spacial score (nSPS) is 22.5. The van der Waals surface area contributed by atoms with Crippen molar-refractivity contribution in [3.63, 3.8) is 0 Å². The van der Waals surface area contributed by atoms with Crippen molar-refractivity contribution >= 4 is 11.0 Å². The van der Waals surface area contributed by atoms with Gasteiger partial charge in [0.25, 0.3) is 0 Å². The molecule has 3 heteroatoms. The lowest BCUT2D eigenvalue weighted by Gasteiger charge is -2.36. The van der Waals surface area contributed by atoms with Crippen LogP contribution in [0.2, 0.25) is 0 Å². The van der Waals surface area contributed by atoms with Crippen molar-refractivity contribution in [1.82, 2.24) is 14.9 Å². The number of hydrogen-bond donors (Lipinski definition) is 1. The molecule has 2 heterocycles. The number of piperidine rings is 1. The summed E-state index contributed by atoms with van der Waals surface area (Å²) in [6.45, 7) is 5.69. The van der Waals surface area contributed by atoms with Crippen LogP contribution in [-0.4, -0.2) is 28.0 Å². The van der Waals surface area contributed by atoms with E-state index in [0.29, 0.717) is 11.8 Å². The summed E-state index contributed by atoms with van der Waals surface area (Å²) in [6.07, 6.45) is 1.17. The van der Waals surface area contributed by atoms with E-state index >= 15 is 0 Å². The van der Waals surface area contributed by atoms with Crippen LogP contribution in [0.4, 0.5) is 0 Å². The Bertz CT molecular complexity index is 745. The number of nitrogens with zero attached hydrogens (tertiary/aromatic N) is 2. The number of para-hydroxylation sites is 2. The molecule has 1 N–H and O–H groups in total. The Labute approximate surface area is 137 Å². The van der Waals surface area contributed by atoms with Crippen molar-refractivity contribution in [1.29, 1.82) is 0 Å². The van der Waals surface area contributed by atoms with Gasteiger partial charge in [0.1, 0.15) is 5.82 Å². The van der Waals surface area contributed by atoms with Crippen LogP contribution in [0, 0.1) is 5.92 Å². The minimum Gasteiger partial charge on any atom is -0.342 e. The average molecular weight is 305 g/mol. The van der Waals surface area contributed by atoms with Gasteiger partial charge in [0.2, 0.25) is 0 Å². The van der Waals surface area contributed by atoms with E-state index in [0.717, 1.165) is 36.5 Å². The van der Waals surface area contributed by atoms with Crippen molar-refractivity contribution in [2.75, 3.05) is 13.1 Å². The molecule has 0 bridgehead atoms. The third-order valence-corrected chi connectivity index (χ3v) is 5.00. The van der Waals surface area contributed by atoms with Gasteiger partial charge in [-0.1, -0.05) is 49.4 Å². The quantitative estimate of drug-likeness (QED) is 0.787. The maximum Gasteiger partial charge on any atom is 0.110 e. The second-order valence-corrected chi connectivity index (χ2v) is 6.73. The standard InChI is InChI=1S/C20H23N3/c1-15-13-23(14-16-7-3-2-4-8-16)12-11-17(15)20-21-18-9-5-6-10-19(18)22-20/h2-10,15,17H,11-14H2,1H3,(H,21,22). The van der Waals surface area contributed by atoms with Crippen LogP contribution < -0.4 is 0 Å². The first-order valence-corrected chi connectivity index (χ1v) is 8.50. The van der Waals surface area contributed by atoms with Gasteiger partial charge in [-0.3, -0.25) is 4.90 Å². The summed E-state index contributed by atoms with van der Waals surface area (Å²) in [5.41, 5.74) is 3.64. The Kier molecular flexibility index (Phi) is 3.88.